The van der Waals surface area contributed by atoms with Gasteiger partial charge in [0.2, 0.25) is 5.91 Å². The van der Waals surface area contributed by atoms with E-state index in [-0.39, 0.29) is 11.7 Å². The maximum absolute atomic E-state index is 12.8. The third kappa shape index (κ3) is 2.92. The summed E-state index contributed by atoms with van der Waals surface area (Å²) in [6.07, 6.45) is 3.54. The van der Waals surface area contributed by atoms with Crippen LogP contribution in [0.2, 0.25) is 0 Å². The summed E-state index contributed by atoms with van der Waals surface area (Å²) in [6.45, 7) is 1.48. The second-order valence-corrected chi connectivity index (χ2v) is 5.11. The molecule has 4 heteroatoms. The van der Waals surface area contributed by atoms with Gasteiger partial charge in [0, 0.05) is 30.4 Å². The van der Waals surface area contributed by atoms with Gasteiger partial charge in [0.05, 0.1) is 5.69 Å². The first-order valence-corrected chi connectivity index (χ1v) is 7.31. The van der Waals surface area contributed by atoms with Crippen LogP contribution in [0.25, 0.3) is 0 Å². The minimum Gasteiger partial charge on any atom is -0.289 e. The summed E-state index contributed by atoms with van der Waals surface area (Å²) in [5, 5.41) is 1.48. The molecule has 4 nitrogen and oxygen atoms in total. The zero-order valence-electron chi connectivity index (χ0n) is 12.7. The largest absolute Gasteiger partial charge is 0.289 e. The Morgan fingerprint density at radius 1 is 0.826 bits per heavy atom. The topological polar surface area (TPSA) is 42.3 Å². The van der Waals surface area contributed by atoms with E-state index in [1.807, 2.05) is 36.4 Å². The lowest BCUT2D eigenvalue weighted by Crippen LogP contribution is -2.34. The van der Waals surface area contributed by atoms with Crippen LogP contribution >= 0.6 is 0 Å². The normalized spacial score (nSPS) is 10.3. The van der Waals surface area contributed by atoms with Crippen molar-refractivity contribution in [1.29, 1.82) is 0 Å². The van der Waals surface area contributed by atoms with Crippen LogP contribution in [0.3, 0.4) is 0 Å². The number of amides is 1. The average molecular weight is 304 g/mol. The zero-order chi connectivity index (χ0) is 16.2. The lowest BCUT2D eigenvalue weighted by atomic mass is 10.0. The molecule has 0 atom stereocenters. The number of rotatable bonds is 4. The number of para-hydroxylation sites is 1. The van der Waals surface area contributed by atoms with Gasteiger partial charge in [0.15, 0.2) is 5.78 Å². The molecule has 1 aromatic heterocycles. The zero-order valence-corrected chi connectivity index (χ0v) is 12.7. The van der Waals surface area contributed by atoms with Crippen LogP contribution in [-0.2, 0) is 4.79 Å². The smallest absolute Gasteiger partial charge is 0.243 e. The summed E-state index contributed by atoms with van der Waals surface area (Å²) in [4.78, 5) is 25.0. The van der Waals surface area contributed by atoms with Crippen molar-refractivity contribution in [3.05, 3.63) is 90.3 Å². The molecule has 0 unspecified atom stereocenters. The summed E-state index contributed by atoms with van der Waals surface area (Å²) in [5.41, 5.74) is 1.64. The first kappa shape index (κ1) is 14.8. The van der Waals surface area contributed by atoms with Crippen LogP contribution in [0.1, 0.15) is 22.8 Å². The molecule has 114 valence electrons. The van der Waals surface area contributed by atoms with Crippen molar-refractivity contribution in [3.8, 4) is 0 Å². The van der Waals surface area contributed by atoms with Crippen molar-refractivity contribution in [2.75, 3.05) is 5.01 Å². The average Bonchev–Trinajstić information content (AvgIpc) is 3.09. The molecule has 0 saturated heterocycles. The number of hydrogen-bond acceptors (Lipinski definition) is 2. The fourth-order valence-electron chi connectivity index (χ4n) is 2.51. The summed E-state index contributed by atoms with van der Waals surface area (Å²) in [6, 6.07) is 19.8. The van der Waals surface area contributed by atoms with Crippen LogP contribution in [0.15, 0.2) is 79.1 Å². The number of nitrogens with zero attached hydrogens (tertiary/aromatic N) is 2. The van der Waals surface area contributed by atoms with E-state index in [0.717, 1.165) is 0 Å². The van der Waals surface area contributed by atoms with Gasteiger partial charge in [-0.05, 0) is 24.3 Å². The van der Waals surface area contributed by atoms with Crippen LogP contribution in [0.4, 0.5) is 5.69 Å². The fourth-order valence-corrected chi connectivity index (χ4v) is 2.51. The Bertz CT molecular complexity index is 824. The first-order valence-electron chi connectivity index (χ1n) is 7.31. The minimum absolute atomic E-state index is 0.111. The second kappa shape index (κ2) is 6.32. The molecule has 0 saturated carbocycles. The number of hydrogen-bond donors (Lipinski definition) is 0. The van der Waals surface area contributed by atoms with Crippen LogP contribution in [0, 0.1) is 0 Å². The number of aromatic nitrogens is 1. The van der Waals surface area contributed by atoms with E-state index < -0.39 is 0 Å². The number of benzene rings is 2. The standard InChI is InChI=1S/C19H16N2O2/c1-15(22)21(20-13-7-8-14-20)18-12-6-5-11-17(18)19(23)16-9-3-2-4-10-16/h2-14H,1H3. The van der Waals surface area contributed by atoms with E-state index >= 15 is 0 Å². The van der Waals surface area contributed by atoms with Crippen LogP contribution < -0.4 is 5.01 Å². The molecular weight excluding hydrogens is 288 g/mol. The number of ketones is 1. The maximum Gasteiger partial charge on any atom is 0.243 e. The molecule has 0 N–H and O–H groups in total. The van der Waals surface area contributed by atoms with Crippen LogP contribution in [0.5, 0.6) is 0 Å². The highest BCUT2D eigenvalue weighted by atomic mass is 16.2. The molecular formula is C19H16N2O2. The van der Waals surface area contributed by atoms with Crippen molar-refractivity contribution in [2.24, 2.45) is 0 Å². The van der Waals surface area contributed by atoms with Gasteiger partial charge in [-0.1, -0.05) is 42.5 Å². The predicted molar refractivity (Wildman–Crippen MR) is 89.3 cm³/mol. The van der Waals surface area contributed by atoms with E-state index in [0.29, 0.717) is 16.8 Å². The SMILES string of the molecule is CC(=O)N(c1ccccc1C(=O)c1ccccc1)n1cccc1. The summed E-state index contributed by atoms with van der Waals surface area (Å²) in [7, 11) is 0. The molecule has 0 bridgehead atoms. The summed E-state index contributed by atoms with van der Waals surface area (Å²) in [5.74, 6) is -0.283. The van der Waals surface area contributed by atoms with Crippen LogP contribution in [-0.4, -0.2) is 16.4 Å². The molecule has 0 spiro atoms. The molecule has 3 rings (SSSR count). The van der Waals surface area contributed by atoms with Gasteiger partial charge in [-0.3, -0.25) is 14.3 Å². The highest BCUT2D eigenvalue weighted by molar-refractivity contribution is 6.14. The van der Waals surface area contributed by atoms with E-state index in [1.54, 1.807) is 47.4 Å². The number of anilines is 1. The van der Waals surface area contributed by atoms with Crippen molar-refractivity contribution < 1.29 is 9.59 Å². The molecule has 23 heavy (non-hydrogen) atoms. The van der Waals surface area contributed by atoms with Gasteiger partial charge in [-0.2, -0.15) is 0 Å². The third-order valence-electron chi connectivity index (χ3n) is 3.53. The monoisotopic (exact) mass is 304 g/mol. The Labute approximate surface area is 134 Å². The van der Waals surface area contributed by atoms with Gasteiger partial charge >= 0.3 is 0 Å². The van der Waals surface area contributed by atoms with Gasteiger partial charge in [-0.15, -0.1) is 0 Å². The van der Waals surface area contributed by atoms with Gasteiger partial charge in [-0.25, -0.2) is 5.01 Å². The lowest BCUT2D eigenvalue weighted by Gasteiger charge is -2.24. The molecule has 0 fully saturated rings. The Balaban J connectivity index is 2.10. The molecule has 3 aromatic rings. The van der Waals surface area contributed by atoms with Gasteiger partial charge in [0.1, 0.15) is 0 Å². The number of carbonyl (C=O) groups is 2. The first-order chi connectivity index (χ1) is 11.2. The predicted octanol–water partition coefficient (Wildman–Crippen LogP) is 3.54. The Kier molecular flexibility index (Phi) is 4.06. The second-order valence-electron chi connectivity index (χ2n) is 5.11. The molecule has 2 aromatic carbocycles. The van der Waals surface area contributed by atoms with Crippen molar-refractivity contribution in [3.63, 3.8) is 0 Å². The van der Waals surface area contributed by atoms with E-state index in [9.17, 15) is 9.59 Å². The highest BCUT2D eigenvalue weighted by Gasteiger charge is 2.21. The highest BCUT2D eigenvalue weighted by Crippen LogP contribution is 2.24. The maximum atomic E-state index is 12.8. The quantitative estimate of drug-likeness (QED) is 0.692. The Morgan fingerprint density at radius 3 is 2.09 bits per heavy atom. The Hall–Kier alpha value is -3.14. The molecule has 0 aliphatic heterocycles. The molecule has 1 heterocycles. The number of carbonyl (C=O) groups excluding carboxylic acids is 2. The van der Waals surface area contributed by atoms with Gasteiger partial charge in [0.25, 0.3) is 0 Å². The van der Waals surface area contributed by atoms with Crippen molar-refractivity contribution in [1.82, 2.24) is 4.68 Å². The summed E-state index contributed by atoms with van der Waals surface area (Å²) >= 11 is 0. The summed E-state index contributed by atoms with van der Waals surface area (Å²) < 4.78 is 1.67. The molecule has 0 aliphatic rings. The van der Waals surface area contributed by atoms with Crippen molar-refractivity contribution in [2.45, 2.75) is 6.92 Å². The van der Waals surface area contributed by atoms with E-state index in [1.165, 1.54) is 11.9 Å². The Morgan fingerprint density at radius 2 is 1.43 bits per heavy atom. The lowest BCUT2D eigenvalue weighted by molar-refractivity contribution is -0.117. The van der Waals surface area contributed by atoms with Gasteiger partial charge < -0.3 is 0 Å². The third-order valence-corrected chi connectivity index (χ3v) is 3.53. The van der Waals surface area contributed by atoms with E-state index in [4.69, 9.17) is 0 Å². The van der Waals surface area contributed by atoms with E-state index in [2.05, 4.69) is 0 Å². The molecule has 1 amide bonds. The minimum atomic E-state index is -0.172. The fraction of sp³-hybridized carbons (Fsp3) is 0.0526. The molecule has 0 radical (unpaired) electrons. The molecule has 0 aliphatic carbocycles. The van der Waals surface area contributed by atoms with Crippen molar-refractivity contribution >= 4 is 17.4 Å².